The number of amides is 2. The highest BCUT2D eigenvalue weighted by Crippen LogP contribution is 2.15. The number of likely N-dealkylation sites (tertiary alicyclic amines) is 1. The summed E-state index contributed by atoms with van der Waals surface area (Å²) >= 11 is 0. The van der Waals surface area contributed by atoms with E-state index in [9.17, 15) is 4.79 Å². The molecule has 66 valence electrons. The third kappa shape index (κ3) is 1.70. The van der Waals surface area contributed by atoms with Gasteiger partial charge in [-0.1, -0.05) is 5.92 Å². The van der Waals surface area contributed by atoms with Gasteiger partial charge in [0.05, 0.1) is 6.04 Å². The SMILES string of the molecule is C#CC1CCCCN1C(=O)NC. The van der Waals surface area contributed by atoms with Gasteiger partial charge in [0.15, 0.2) is 0 Å². The van der Waals surface area contributed by atoms with E-state index in [1.54, 1.807) is 11.9 Å². The van der Waals surface area contributed by atoms with Crippen LogP contribution in [0.5, 0.6) is 0 Å². The summed E-state index contributed by atoms with van der Waals surface area (Å²) in [5, 5.41) is 2.59. The first-order chi connectivity index (χ1) is 5.79. The first kappa shape index (κ1) is 8.92. The molecule has 1 atom stereocenters. The van der Waals surface area contributed by atoms with Crippen LogP contribution in [0.4, 0.5) is 4.79 Å². The summed E-state index contributed by atoms with van der Waals surface area (Å²) in [6.45, 7) is 0.786. The van der Waals surface area contributed by atoms with Crippen molar-refractivity contribution in [2.24, 2.45) is 0 Å². The Morgan fingerprint density at radius 3 is 3.00 bits per heavy atom. The molecule has 1 aliphatic rings. The molecule has 0 aromatic heterocycles. The Morgan fingerprint density at radius 2 is 2.42 bits per heavy atom. The molecule has 0 spiro atoms. The Balaban J connectivity index is 2.60. The lowest BCUT2D eigenvalue weighted by molar-refractivity contribution is 0.172. The predicted molar refractivity (Wildman–Crippen MR) is 47.6 cm³/mol. The normalized spacial score (nSPS) is 23.0. The molecule has 3 nitrogen and oxygen atoms in total. The molecule has 1 rings (SSSR count). The molecule has 0 aromatic rings. The zero-order valence-electron chi connectivity index (χ0n) is 7.34. The molecule has 0 aliphatic carbocycles. The summed E-state index contributed by atoms with van der Waals surface area (Å²) in [4.78, 5) is 13.0. The number of rotatable bonds is 0. The summed E-state index contributed by atoms with van der Waals surface area (Å²) in [6, 6.07) is -0.0589. The Labute approximate surface area is 73.1 Å². The maximum atomic E-state index is 11.3. The number of nitrogens with one attached hydrogen (secondary N) is 1. The van der Waals surface area contributed by atoms with Crippen LogP contribution in [0.2, 0.25) is 0 Å². The lowest BCUT2D eigenvalue weighted by Crippen LogP contribution is -2.47. The standard InChI is InChI=1S/C9H14N2O/c1-3-8-6-4-5-7-11(8)9(12)10-2/h1,8H,4-7H2,2H3,(H,10,12). The van der Waals surface area contributed by atoms with Crippen LogP contribution >= 0.6 is 0 Å². The summed E-state index contributed by atoms with van der Waals surface area (Å²) in [5.74, 6) is 2.63. The van der Waals surface area contributed by atoms with Crippen LogP contribution in [0.1, 0.15) is 19.3 Å². The van der Waals surface area contributed by atoms with Crippen LogP contribution < -0.4 is 5.32 Å². The van der Waals surface area contributed by atoms with Crippen molar-refractivity contribution in [3.63, 3.8) is 0 Å². The van der Waals surface area contributed by atoms with Crippen molar-refractivity contribution in [3.05, 3.63) is 0 Å². The van der Waals surface area contributed by atoms with Gasteiger partial charge >= 0.3 is 6.03 Å². The van der Waals surface area contributed by atoms with Crippen molar-refractivity contribution >= 4 is 6.03 Å². The van der Waals surface area contributed by atoms with E-state index in [4.69, 9.17) is 6.42 Å². The highest BCUT2D eigenvalue weighted by molar-refractivity contribution is 5.74. The number of terminal acetylenes is 1. The minimum absolute atomic E-state index is 0.00120. The largest absolute Gasteiger partial charge is 0.341 e. The van der Waals surface area contributed by atoms with Crippen LogP contribution in [0.15, 0.2) is 0 Å². The van der Waals surface area contributed by atoms with E-state index in [1.807, 2.05) is 0 Å². The van der Waals surface area contributed by atoms with Gasteiger partial charge in [-0.2, -0.15) is 0 Å². The minimum atomic E-state index is -0.0577. The summed E-state index contributed by atoms with van der Waals surface area (Å²) in [6.07, 6.45) is 8.44. The molecule has 0 bridgehead atoms. The number of carbonyl (C=O) groups is 1. The van der Waals surface area contributed by atoms with Crippen molar-refractivity contribution in [2.75, 3.05) is 13.6 Å². The fourth-order valence-corrected chi connectivity index (χ4v) is 1.49. The smallest absolute Gasteiger partial charge is 0.318 e. The van der Waals surface area contributed by atoms with Gasteiger partial charge in [-0.05, 0) is 19.3 Å². The van der Waals surface area contributed by atoms with Crippen molar-refractivity contribution < 1.29 is 4.79 Å². The molecule has 1 fully saturated rings. The number of nitrogens with zero attached hydrogens (tertiary/aromatic N) is 1. The Morgan fingerprint density at radius 1 is 1.67 bits per heavy atom. The molecule has 1 unspecified atom stereocenters. The average molecular weight is 166 g/mol. The van der Waals surface area contributed by atoms with Gasteiger partial charge in [0.2, 0.25) is 0 Å². The van der Waals surface area contributed by atoms with Crippen molar-refractivity contribution in [1.29, 1.82) is 0 Å². The molecule has 1 saturated heterocycles. The molecule has 1 heterocycles. The quantitative estimate of drug-likeness (QED) is 0.531. The Kier molecular flexibility index (Phi) is 2.98. The van der Waals surface area contributed by atoms with E-state index < -0.39 is 0 Å². The minimum Gasteiger partial charge on any atom is -0.341 e. The van der Waals surface area contributed by atoms with Gasteiger partial charge in [0.25, 0.3) is 0 Å². The van der Waals surface area contributed by atoms with Crippen molar-refractivity contribution in [3.8, 4) is 12.3 Å². The summed E-state index contributed by atoms with van der Waals surface area (Å²) in [5.41, 5.74) is 0. The molecule has 0 radical (unpaired) electrons. The number of carbonyl (C=O) groups excluding carboxylic acids is 1. The average Bonchev–Trinajstić information content (AvgIpc) is 2.16. The van der Waals surface area contributed by atoms with E-state index in [-0.39, 0.29) is 12.1 Å². The van der Waals surface area contributed by atoms with E-state index in [2.05, 4.69) is 11.2 Å². The maximum absolute atomic E-state index is 11.3. The fraction of sp³-hybridized carbons (Fsp3) is 0.667. The van der Waals surface area contributed by atoms with Crippen molar-refractivity contribution in [2.45, 2.75) is 25.3 Å². The van der Waals surface area contributed by atoms with Gasteiger partial charge in [-0.15, -0.1) is 6.42 Å². The van der Waals surface area contributed by atoms with Gasteiger partial charge in [-0.25, -0.2) is 4.79 Å². The molecule has 0 aromatic carbocycles. The molecule has 12 heavy (non-hydrogen) atoms. The highest BCUT2D eigenvalue weighted by Gasteiger charge is 2.23. The van der Waals surface area contributed by atoms with Crippen molar-refractivity contribution in [1.82, 2.24) is 10.2 Å². The first-order valence-corrected chi connectivity index (χ1v) is 4.24. The van der Waals surface area contributed by atoms with Crippen LogP contribution in [0, 0.1) is 12.3 Å². The van der Waals surface area contributed by atoms with Gasteiger partial charge in [0.1, 0.15) is 0 Å². The van der Waals surface area contributed by atoms with Crippen LogP contribution in [0.3, 0.4) is 0 Å². The summed E-state index contributed by atoms with van der Waals surface area (Å²) in [7, 11) is 1.63. The lowest BCUT2D eigenvalue weighted by atomic mass is 10.0. The van der Waals surface area contributed by atoms with E-state index in [1.165, 1.54) is 0 Å². The van der Waals surface area contributed by atoms with Crippen LogP contribution in [-0.4, -0.2) is 30.6 Å². The molecule has 0 saturated carbocycles. The monoisotopic (exact) mass is 166 g/mol. The first-order valence-electron chi connectivity index (χ1n) is 4.24. The molecular weight excluding hydrogens is 152 g/mol. The predicted octanol–water partition coefficient (Wildman–Crippen LogP) is 0.813. The zero-order valence-corrected chi connectivity index (χ0v) is 7.34. The molecule has 3 heteroatoms. The lowest BCUT2D eigenvalue weighted by Gasteiger charge is -2.31. The van der Waals surface area contributed by atoms with Gasteiger partial charge < -0.3 is 10.2 Å². The van der Waals surface area contributed by atoms with E-state index in [0.29, 0.717) is 0 Å². The molecule has 1 N–H and O–H groups in total. The number of hydrogen-bond acceptors (Lipinski definition) is 1. The number of hydrogen-bond donors (Lipinski definition) is 1. The fourth-order valence-electron chi connectivity index (χ4n) is 1.49. The molecular formula is C9H14N2O. The Bertz CT molecular complexity index is 207. The van der Waals surface area contributed by atoms with E-state index >= 15 is 0 Å². The third-order valence-corrected chi connectivity index (χ3v) is 2.17. The van der Waals surface area contributed by atoms with Gasteiger partial charge in [-0.3, -0.25) is 0 Å². The second kappa shape index (κ2) is 4.01. The second-order valence-corrected chi connectivity index (χ2v) is 2.93. The topological polar surface area (TPSA) is 32.3 Å². The van der Waals surface area contributed by atoms with E-state index in [0.717, 1.165) is 25.8 Å². The van der Waals surface area contributed by atoms with Gasteiger partial charge in [0, 0.05) is 13.6 Å². The van der Waals surface area contributed by atoms with Crippen LogP contribution in [-0.2, 0) is 0 Å². The summed E-state index contributed by atoms with van der Waals surface area (Å²) < 4.78 is 0. The van der Waals surface area contributed by atoms with Crippen LogP contribution in [0.25, 0.3) is 0 Å². The number of piperidine rings is 1. The third-order valence-electron chi connectivity index (χ3n) is 2.17. The molecule has 2 amide bonds. The number of urea groups is 1. The maximum Gasteiger partial charge on any atom is 0.318 e. The second-order valence-electron chi connectivity index (χ2n) is 2.93. The Hall–Kier alpha value is -1.17. The highest BCUT2D eigenvalue weighted by atomic mass is 16.2. The zero-order chi connectivity index (χ0) is 8.97. The molecule has 1 aliphatic heterocycles.